The van der Waals surface area contributed by atoms with Gasteiger partial charge in [-0.15, -0.1) is 0 Å². The lowest BCUT2D eigenvalue weighted by molar-refractivity contribution is 0.0964. The van der Waals surface area contributed by atoms with E-state index in [-0.39, 0.29) is 0 Å². The van der Waals surface area contributed by atoms with Gasteiger partial charge in [0.15, 0.2) is 0 Å². The number of nitrogens with one attached hydrogen (secondary N) is 1. The standard InChI is InChI=1S/C11H13ClN2O/c12-8-1-2-11-10(5-8)13-6-9-7-15-4-3-14(9)11/h1-2,5,9,13H,3-4,6-7H2. The third kappa shape index (κ3) is 1.56. The van der Waals surface area contributed by atoms with E-state index < -0.39 is 0 Å². The van der Waals surface area contributed by atoms with E-state index in [1.807, 2.05) is 12.1 Å². The minimum Gasteiger partial charge on any atom is -0.381 e. The lowest BCUT2D eigenvalue weighted by atomic mass is 10.1. The predicted molar refractivity (Wildman–Crippen MR) is 61.9 cm³/mol. The number of ether oxygens (including phenoxy) is 1. The number of rotatable bonds is 0. The molecule has 2 aliphatic rings. The number of fused-ring (bicyclic) bond motifs is 3. The maximum Gasteiger partial charge on any atom is 0.0697 e. The molecule has 1 aromatic carbocycles. The van der Waals surface area contributed by atoms with E-state index in [9.17, 15) is 0 Å². The van der Waals surface area contributed by atoms with Crippen molar-refractivity contribution in [2.75, 3.05) is 36.5 Å². The molecule has 0 bridgehead atoms. The summed E-state index contributed by atoms with van der Waals surface area (Å²) in [5, 5.41) is 4.18. The van der Waals surface area contributed by atoms with E-state index in [2.05, 4.69) is 16.3 Å². The van der Waals surface area contributed by atoms with Crippen LogP contribution in [0.2, 0.25) is 5.02 Å². The Morgan fingerprint density at radius 2 is 2.40 bits per heavy atom. The number of halogens is 1. The molecule has 0 radical (unpaired) electrons. The molecular weight excluding hydrogens is 212 g/mol. The summed E-state index contributed by atoms with van der Waals surface area (Å²) in [6.07, 6.45) is 0. The van der Waals surface area contributed by atoms with Crippen LogP contribution in [0.15, 0.2) is 18.2 Å². The summed E-state index contributed by atoms with van der Waals surface area (Å²) in [5.41, 5.74) is 2.39. The van der Waals surface area contributed by atoms with Crippen molar-refractivity contribution in [2.45, 2.75) is 6.04 Å². The average molecular weight is 225 g/mol. The Bertz CT molecular complexity index is 383. The van der Waals surface area contributed by atoms with Crippen molar-refractivity contribution in [2.24, 2.45) is 0 Å². The second-order valence-corrected chi connectivity index (χ2v) is 4.40. The van der Waals surface area contributed by atoms with Gasteiger partial charge in [-0.1, -0.05) is 11.6 Å². The van der Waals surface area contributed by atoms with Crippen LogP contribution in [0.4, 0.5) is 11.4 Å². The molecule has 80 valence electrons. The summed E-state index contributed by atoms with van der Waals surface area (Å²) in [4.78, 5) is 2.41. The highest BCUT2D eigenvalue weighted by Crippen LogP contribution is 2.34. The van der Waals surface area contributed by atoms with Crippen LogP contribution in [-0.2, 0) is 4.74 Å². The van der Waals surface area contributed by atoms with Gasteiger partial charge in [-0.05, 0) is 18.2 Å². The molecule has 0 spiro atoms. The van der Waals surface area contributed by atoms with Crippen LogP contribution in [0.25, 0.3) is 0 Å². The minimum absolute atomic E-state index is 0.465. The van der Waals surface area contributed by atoms with Gasteiger partial charge >= 0.3 is 0 Å². The lowest BCUT2D eigenvalue weighted by Crippen LogP contribution is -2.51. The first-order chi connectivity index (χ1) is 7.34. The fraction of sp³-hybridized carbons (Fsp3) is 0.455. The summed E-state index contributed by atoms with van der Waals surface area (Å²) in [6.45, 7) is 3.54. The van der Waals surface area contributed by atoms with Crippen molar-refractivity contribution in [1.29, 1.82) is 0 Å². The van der Waals surface area contributed by atoms with E-state index in [1.165, 1.54) is 5.69 Å². The molecule has 2 heterocycles. The van der Waals surface area contributed by atoms with Crippen molar-refractivity contribution in [1.82, 2.24) is 0 Å². The molecule has 1 aromatic rings. The van der Waals surface area contributed by atoms with Crippen molar-refractivity contribution >= 4 is 23.0 Å². The van der Waals surface area contributed by atoms with Gasteiger partial charge in [0.05, 0.1) is 30.6 Å². The molecule has 3 rings (SSSR count). The number of hydrogen-bond acceptors (Lipinski definition) is 3. The van der Waals surface area contributed by atoms with Gasteiger partial charge in [0, 0.05) is 18.1 Å². The summed E-state index contributed by atoms with van der Waals surface area (Å²) < 4.78 is 5.47. The first-order valence-corrected chi connectivity index (χ1v) is 5.60. The van der Waals surface area contributed by atoms with Gasteiger partial charge in [-0.25, -0.2) is 0 Å². The van der Waals surface area contributed by atoms with Crippen LogP contribution in [0.1, 0.15) is 0 Å². The number of nitrogens with zero attached hydrogens (tertiary/aromatic N) is 1. The summed E-state index contributed by atoms with van der Waals surface area (Å²) in [5.74, 6) is 0. The SMILES string of the molecule is Clc1ccc2c(c1)NCC1COCCN21. The van der Waals surface area contributed by atoms with Gasteiger partial charge < -0.3 is 15.0 Å². The number of anilines is 2. The zero-order valence-electron chi connectivity index (χ0n) is 8.37. The zero-order chi connectivity index (χ0) is 10.3. The van der Waals surface area contributed by atoms with Crippen molar-refractivity contribution in [3.05, 3.63) is 23.2 Å². The highest BCUT2D eigenvalue weighted by molar-refractivity contribution is 6.31. The number of morpholine rings is 1. The van der Waals surface area contributed by atoms with Gasteiger partial charge in [-0.3, -0.25) is 0 Å². The van der Waals surface area contributed by atoms with Crippen molar-refractivity contribution in [3.63, 3.8) is 0 Å². The molecule has 2 aliphatic heterocycles. The smallest absolute Gasteiger partial charge is 0.0697 e. The van der Waals surface area contributed by atoms with E-state index in [1.54, 1.807) is 0 Å². The monoisotopic (exact) mass is 224 g/mol. The Hall–Kier alpha value is -0.930. The number of hydrogen-bond donors (Lipinski definition) is 1. The molecular formula is C11H13ClN2O. The van der Waals surface area contributed by atoms with Crippen molar-refractivity contribution in [3.8, 4) is 0 Å². The van der Waals surface area contributed by atoms with E-state index >= 15 is 0 Å². The van der Waals surface area contributed by atoms with E-state index in [0.717, 1.165) is 37.0 Å². The van der Waals surface area contributed by atoms with Crippen LogP contribution in [-0.4, -0.2) is 32.3 Å². The van der Waals surface area contributed by atoms with Gasteiger partial charge in [0.2, 0.25) is 0 Å². The maximum atomic E-state index is 5.97. The second-order valence-electron chi connectivity index (χ2n) is 3.96. The lowest BCUT2D eigenvalue weighted by Gasteiger charge is -2.42. The van der Waals surface area contributed by atoms with Crippen LogP contribution in [0, 0.1) is 0 Å². The molecule has 0 saturated carbocycles. The zero-order valence-corrected chi connectivity index (χ0v) is 9.13. The van der Waals surface area contributed by atoms with Crippen LogP contribution >= 0.6 is 11.6 Å². The quantitative estimate of drug-likeness (QED) is 0.729. The fourth-order valence-electron chi connectivity index (χ4n) is 2.27. The molecule has 1 fully saturated rings. The second kappa shape index (κ2) is 3.58. The predicted octanol–water partition coefficient (Wildman–Crippen LogP) is 1.97. The fourth-order valence-corrected chi connectivity index (χ4v) is 2.44. The Balaban J connectivity index is 1.99. The Labute approximate surface area is 94.0 Å². The third-order valence-corrected chi connectivity index (χ3v) is 3.26. The highest BCUT2D eigenvalue weighted by Gasteiger charge is 2.28. The first kappa shape index (κ1) is 9.31. The van der Waals surface area contributed by atoms with Gasteiger partial charge in [0.25, 0.3) is 0 Å². The average Bonchev–Trinajstić information content (AvgIpc) is 2.28. The Morgan fingerprint density at radius 3 is 3.33 bits per heavy atom. The van der Waals surface area contributed by atoms with Crippen LogP contribution in [0.3, 0.4) is 0 Å². The van der Waals surface area contributed by atoms with Gasteiger partial charge in [-0.2, -0.15) is 0 Å². The molecule has 1 saturated heterocycles. The third-order valence-electron chi connectivity index (χ3n) is 3.02. The summed E-state index contributed by atoms with van der Waals surface area (Å²) >= 11 is 5.97. The van der Waals surface area contributed by atoms with E-state index in [4.69, 9.17) is 16.3 Å². The van der Waals surface area contributed by atoms with Crippen molar-refractivity contribution < 1.29 is 4.74 Å². The first-order valence-electron chi connectivity index (χ1n) is 5.22. The van der Waals surface area contributed by atoms with Gasteiger partial charge in [0.1, 0.15) is 0 Å². The topological polar surface area (TPSA) is 24.5 Å². The molecule has 0 aromatic heterocycles. The number of benzene rings is 1. The van der Waals surface area contributed by atoms with Crippen LogP contribution < -0.4 is 10.2 Å². The van der Waals surface area contributed by atoms with E-state index in [0.29, 0.717) is 6.04 Å². The minimum atomic E-state index is 0.465. The van der Waals surface area contributed by atoms with Crippen LogP contribution in [0.5, 0.6) is 0 Å². The summed E-state index contributed by atoms with van der Waals surface area (Å²) in [6, 6.07) is 6.48. The normalized spacial score (nSPS) is 24.1. The molecule has 1 N–H and O–H groups in total. The molecule has 1 atom stereocenters. The maximum absolute atomic E-state index is 5.97. The highest BCUT2D eigenvalue weighted by atomic mass is 35.5. The molecule has 4 heteroatoms. The molecule has 0 amide bonds. The molecule has 15 heavy (non-hydrogen) atoms. The molecule has 3 nitrogen and oxygen atoms in total. The Kier molecular flexibility index (Phi) is 2.22. The summed E-state index contributed by atoms with van der Waals surface area (Å²) in [7, 11) is 0. The Morgan fingerprint density at radius 1 is 1.47 bits per heavy atom. The molecule has 0 aliphatic carbocycles. The largest absolute Gasteiger partial charge is 0.381 e. The molecule has 1 unspecified atom stereocenters.